The number of carbonyl (C=O) groups is 4. The number of hydrogen-bond donors (Lipinski definition) is 2. The van der Waals surface area contributed by atoms with Gasteiger partial charge in [0, 0.05) is 17.4 Å². The predicted molar refractivity (Wildman–Crippen MR) is 172 cm³/mol. The van der Waals surface area contributed by atoms with Gasteiger partial charge >= 0.3 is 12.1 Å². The molecular formula is C32H46BrN3O9S. The van der Waals surface area contributed by atoms with E-state index in [1.54, 1.807) is 32.9 Å². The fourth-order valence-corrected chi connectivity index (χ4v) is 7.90. The Bertz CT molecular complexity index is 1420. The second kappa shape index (κ2) is 13.8. The average Bonchev–Trinajstić information content (AvgIpc) is 3.38. The summed E-state index contributed by atoms with van der Waals surface area (Å²) >= 11 is 3.28. The summed E-state index contributed by atoms with van der Waals surface area (Å²) < 4.78 is 43.3. The van der Waals surface area contributed by atoms with Crippen LogP contribution in [0, 0.1) is 23.2 Å². The van der Waals surface area contributed by atoms with E-state index in [1.807, 2.05) is 6.92 Å². The van der Waals surface area contributed by atoms with Gasteiger partial charge in [-0.15, -0.1) is 0 Å². The van der Waals surface area contributed by atoms with Crippen LogP contribution >= 0.6 is 15.9 Å². The first kappa shape index (κ1) is 36.1. The number of methoxy groups -OCH3 is 1. The SMILES string of the molecule is CC[C@@H]1C[C@]1(NC(=O)[C@@H]1C[C@H](OS(=O)(=O)c2ccc(Br)cc2)CN1C(=O)[C@@H](NC(=O)O[C@H]1C[C@@H](C)[C@@H](C)C1)C(C)(C)C)C(=O)OC. The molecule has 3 aliphatic rings. The van der Waals surface area contributed by atoms with Crippen molar-refractivity contribution in [1.29, 1.82) is 0 Å². The van der Waals surface area contributed by atoms with Crippen LogP contribution in [-0.2, 0) is 38.2 Å². The van der Waals surface area contributed by atoms with Crippen molar-refractivity contribution in [2.24, 2.45) is 23.2 Å². The van der Waals surface area contributed by atoms with Gasteiger partial charge in [0.25, 0.3) is 10.1 Å². The molecule has 46 heavy (non-hydrogen) atoms. The van der Waals surface area contributed by atoms with E-state index in [2.05, 4.69) is 40.4 Å². The van der Waals surface area contributed by atoms with Crippen molar-refractivity contribution in [2.75, 3.05) is 13.7 Å². The zero-order valence-corrected chi connectivity index (χ0v) is 29.9. The molecule has 0 spiro atoms. The fourth-order valence-electron chi connectivity index (χ4n) is 6.56. The summed E-state index contributed by atoms with van der Waals surface area (Å²) in [6, 6.07) is 3.60. The summed E-state index contributed by atoms with van der Waals surface area (Å²) in [6.07, 6.45) is 0.227. The molecule has 1 aromatic rings. The Labute approximate surface area is 279 Å². The molecule has 3 fully saturated rings. The van der Waals surface area contributed by atoms with Gasteiger partial charge in [-0.2, -0.15) is 8.42 Å². The zero-order chi connectivity index (χ0) is 34.2. The number of nitrogens with zero attached hydrogens (tertiary/aromatic N) is 1. The summed E-state index contributed by atoms with van der Waals surface area (Å²) in [5.74, 6) is -1.15. The van der Waals surface area contributed by atoms with E-state index in [9.17, 15) is 27.6 Å². The first-order chi connectivity index (χ1) is 21.4. The molecule has 256 valence electrons. The van der Waals surface area contributed by atoms with Crippen LogP contribution in [0.2, 0.25) is 0 Å². The molecule has 1 saturated heterocycles. The van der Waals surface area contributed by atoms with Gasteiger partial charge in [0.05, 0.1) is 18.1 Å². The fraction of sp³-hybridized carbons (Fsp3) is 0.688. The molecule has 14 heteroatoms. The molecule has 1 aromatic carbocycles. The number of benzene rings is 1. The van der Waals surface area contributed by atoms with Gasteiger partial charge in [-0.05, 0) is 66.7 Å². The monoisotopic (exact) mass is 727 g/mol. The number of halogens is 1. The quantitative estimate of drug-likeness (QED) is 0.267. The molecule has 4 rings (SSSR count). The van der Waals surface area contributed by atoms with E-state index in [0.29, 0.717) is 29.2 Å². The van der Waals surface area contributed by atoms with Crippen molar-refractivity contribution >= 4 is 49.9 Å². The van der Waals surface area contributed by atoms with Crippen molar-refractivity contribution in [2.45, 2.75) is 108 Å². The van der Waals surface area contributed by atoms with Crippen LogP contribution in [0.3, 0.4) is 0 Å². The maximum absolute atomic E-state index is 14.3. The van der Waals surface area contributed by atoms with Crippen LogP contribution in [0.15, 0.2) is 33.6 Å². The van der Waals surface area contributed by atoms with Crippen LogP contribution in [0.4, 0.5) is 4.79 Å². The molecule has 0 unspecified atom stereocenters. The molecule has 0 bridgehead atoms. The topological polar surface area (TPSA) is 157 Å². The molecule has 1 aliphatic heterocycles. The third-order valence-electron chi connectivity index (χ3n) is 9.60. The Morgan fingerprint density at radius 1 is 1.04 bits per heavy atom. The maximum Gasteiger partial charge on any atom is 0.408 e. The van der Waals surface area contributed by atoms with Crippen LogP contribution in [-0.4, -0.2) is 80.7 Å². The molecule has 2 N–H and O–H groups in total. The number of rotatable bonds is 10. The molecule has 8 atom stereocenters. The van der Waals surface area contributed by atoms with Crippen molar-refractivity contribution in [3.8, 4) is 0 Å². The number of esters is 1. The van der Waals surface area contributed by atoms with Crippen molar-refractivity contribution in [3.63, 3.8) is 0 Å². The Kier molecular flexibility index (Phi) is 10.8. The molecule has 2 saturated carbocycles. The van der Waals surface area contributed by atoms with Gasteiger partial charge in [0.15, 0.2) is 0 Å². The van der Waals surface area contributed by atoms with E-state index in [-0.39, 0.29) is 29.9 Å². The van der Waals surface area contributed by atoms with Crippen LogP contribution in [0.5, 0.6) is 0 Å². The average molecular weight is 729 g/mol. The normalized spacial score (nSPS) is 30.0. The standard InChI is InChI=1S/C32H46BrN3O9S/c1-8-20-16-32(20,29(39)43-7)35-27(37)25-15-23(45-46(41,42)24-11-9-21(33)10-12-24)17-36(25)28(38)26(31(4,5)6)34-30(40)44-22-13-18(2)19(3)14-22/h9-12,18-20,22-23,25-26H,8,13-17H2,1-7H3,(H,34,40)(H,35,37)/t18-,19+,20-,22+,23+,25+,26-,32-/m1/s1. The number of nitrogens with one attached hydrogen (secondary N) is 2. The van der Waals surface area contributed by atoms with E-state index in [4.69, 9.17) is 13.7 Å². The Balaban J connectivity index is 1.59. The third kappa shape index (κ3) is 7.87. The number of carbonyl (C=O) groups excluding carboxylic acids is 4. The first-order valence-electron chi connectivity index (χ1n) is 15.8. The highest BCUT2D eigenvalue weighted by molar-refractivity contribution is 9.10. The van der Waals surface area contributed by atoms with Crippen LogP contribution < -0.4 is 10.6 Å². The number of amides is 3. The van der Waals surface area contributed by atoms with E-state index >= 15 is 0 Å². The minimum atomic E-state index is -4.26. The second-order valence-corrected chi connectivity index (χ2v) is 16.5. The Morgan fingerprint density at radius 2 is 1.65 bits per heavy atom. The summed E-state index contributed by atoms with van der Waals surface area (Å²) in [5.41, 5.74) is -2.04. The molecule has 0 aromatic heterocycles. The smallest absolute Gasteiger partial charge is 0.408 e. The number of ether oxygens (including phenoxy) is 2. The van der Waals surface area contributed by atoms with Crippen LogP contribution in [0.1, 0.15) is 73.6 Å². The molecule has 12 nitrogen and oxygen atoms in total. The van der Waals surface area contributed by atoms with Crippen molar-refractivity contribution < 1.29 is 41.3 Å². The largest absolute Gasteiger partial charge is 0.467 e. The maximum atomic E-state index is 14.3. The number of alkyl carbamates (subject to hydrolysis) is 1. The van der Waals surface area contributed by atoms with Crippen molar-refractivity contribution in [3.05, 3.63) is 28.7 Å². The lowest BCUT2D eigenvalue weighted by Crippen LogP contribution is -2.59. The minimum Gasteiger partial charge on any atom is -0.467 e. The minimum absolute atomic E-state index is 0.0811. The third-order valence-corrected chi connectivity index (χ3v) is 11.5. The zero-order valence-electron chi connectivity index (χ0n) is 27.5. The van der Waals surface area contributed by atoms with Crippen molar-refractivity contribution in [1.82, 2.24) is 15.5 Å². The molecule has 3 amide bonds. The highest BCUT2D eigenvalue weighted by Crippen LogP contribution is 2.47. The second-order valence-electron chi connectivity index (χ2n) is 14.0. The van der Waals surface area contributed by atoms with Crippen LogP contribution in [0.25, 0.3) is 0 Å². The molecular weight excluding hydrogens is 682 g/mol. The number of hydrogen-bond acceptors (Lipinski definition) is 9. The lowest BCUT2D eigenvalue weighted by molar-refractivity contribution is -0.148. The number of likely N-dealkylation sites (tertiary alicyclic amines) is 1. The van der Waals surface area contributed by atoms with Gasteiger partial charge in [-0.25, -0.2) is 9.59 Å². The highest BCUT2D eigenvalue weighted by Gasteiger charge is 2.62. The van der Waals surface area contributed by atoms with Gasteiger partial charge in [-0.3, -0.25) is 13.8 Å². The lowest BCUT2D eigenvalue weighted by Gasteiger charge is -2.35. The summed E-state index contributed by atoms with van der Waals surface area (Å²) in [4.78, 5) is 55.1. The van der Waals surface area contributed by atoms with E-state index < -0.39 is 63.1 Å². The highest BCUT2D eigenvalue weighted by atomic mass is 79.9. The summed E-state index contributed by atoms with van der Waals surface area (Å²) in [5, 5.41) is 5.54. The van der Waals surface area contributed by atoms with Gasteiger partial charge in [-0.1, -0.05) is 63.9 Å². The lowest BCUT2D eigenvalue weighted by atomic mass is 9.85. The molecule has 0 radical (unpaired) electrons. The van der Waals surface area contributed by atoms with E-state index in [1.165, 1.54) is 24.1 Å². The van der Waals surface area contributed by atoms with E-state index in [0.717, 1.165) is 12.8 Å². The van der Waals surface area contributed by atoms with Gasteiger partial charge in [0.2, 0.25) is 11.8 Å². The van der Waals surface area contributed by atoms with Gasteiger partial charge < -0.3 is 25.0 Å². The molecule has 2 aliphatic carbocycles. The first-order valence-corrected chi connectivity index (χ1v) is 18.0. The summed E-state index contributed by atoms with van der Waals surface area (Å²) in [6.45, 7) is 11.2. The molecule has 1 heterocycles. The Morgan fingerprint density at radius 3 is 2.17 bits per heavy atom. The van der Waals surface area contributed by atoms with Gasteiger partial charge in [0.1, 0.15) is 23.7 Å². The summed E-state index contributed by atoms with van der Waals surface area (Å²) in [7, 11) is -3.01. The predicted octanol–water partition coefficient (Wildman–Crippen LogP) is 4.16. The Hall–Kier alpha value is -2.71.